The molecule has 1 aromatic carbocycles. The van der Waals surface area contributed by atoms with Crippen molar-refractivity contribution in [3.8, 4) is 5.75 Å². The monoisotopic (exact) mass is 266 g/mol. The predicted molar refractivity (Wildman–Crippen MR) is 71.2 cm³/mol. The average Bonchev–Trinajstić information content (AvgIpc) is 2.28. The van der Waals surface area contributed by atoms with Crippen molar-refractivity contribution < 1.29 is 14.6 Å². The molecule has 18 heavy (non-hydrogen) atoms. The molecule has 96 valence electrons. The van der Waals surface area contributed by atoms with Gasteiger partial charge in [-0.15, -0.1) is 0 Å². The zero-order valence-electron chi connectivity index (χ0n) is 10.5. The number of halogens is 1. The van der Waals surface area contributed by atoms with Crippen LogP contribution in [0.15, 0.2) is 18.2 Å². The normalized spacial score (nSPS) is 17.8. The molecule has 1 N–H and O–H groups in total. The van der Waals surface area contributed by atoms with Gasteiger partial charge in [-0.25, -0.2) is 0 Å². The van der Waals surface area contributed by atoms with E-state index in [1.807, 2.05) is 32.1 Å². The van der Waals surface area contributed by atoms with E-state index < -0.39 is 17.5 Å². The van der Waals surface area contributed by atoms with Gasteiger partial charge in [0, 0.05) is 5.56 Å². The van der Waals surface area contributed by atoms with Gasteiger partial charge in [0.05, 0.1) is 10.9 Å². The first-order valence-electron chi connectivity index (χ1n) is 5.75. The number of fused-ring (bicyclic) bond motifs is 1. The van der Waals surface area contributed by atoms with E-state index in [0.29, 0.717) is 16.3 Å². The van der Waals surface area contributed by atoms with E-state index in [-0.39, 0.29) is 0 Å². The van der Waals surface area contributed by atoms with E-state index in [4.69, 9.17) is 21.4 Å². The van der Waals surface area contributed by atoms with Crippen LogP contribution >= 0.6 is 11.6 Å². The summed E-state index contributed by atoms with van der Waals surface area (Å²) in [5, 5.41) is 9.47. The molecule has 0 aromatic heterocycles. The number of hydrogen-bond acceptors (Lipinski definition) is 2. The summed E-state index contributed by atoms with van der Waals surface area (Å²) >= 11 is 6.17. The smallest absolute Gasteiger partial charge is 0.310 e. The van der Waals surface area contributed by atoms with E-state index in [1.165, 1.54) is 0 Å². The fraction of sp³-hybridized carbons (Fsp3) is 0.357. The van der Waals surface area contributed by atoms with Crippen molar-refractivity contribution >= 4 is 23.6 Å². The fourth-order valence-corrected chi connectivity index (χ4v) is 2.12. The van der Waals surface area contributed by atoms with Crippen LogP contribution in [0.1, 0.15) is 37.8 Å². The Kier molecular flexibility index (Phi) is 3.11. The Bertz CT molecular complexity index is 532. The van der Waals surface area contributed by atoms with Crippen molar-refractivity contribution in [3.63, 3.8) is 0 Å². The number of carboxylic acid groups (broad SMARTS) is 1. The minimum atomic E-state index is -0.868. The highest BCUT2D eigenvalue weighted by atomic mass is 35.5. The Morgan fingerprint density at radius 1 is 1.44 bits per heavy atom. The van der Waals surface area contributed by atoms with Crippen LogP contribution in [0, 0.1) is 0 Å². The molecule has 0 bridgehead atoms. The Balaban J connectivity index is 2.48. The van der Waals surface area contributed by atoms with Gasteiger partial charge in [0.2, 0.25) is 0 Å². The summed E-state index contributed by atoms with van der Waals surface area (Å²) in [6.07, 6.45) is 3.85. The third-order valence-corrected chi connectivity index (χ3v) is 3.28. The van der Waals surface area contributed by atoms with Crippen molar-refractivity contribution in [1.29, 1.82) is 0 Å². The maximum Gasteiger partial charge on any atom is 0.310 e. The van der Waals surface area contributed by atoms with Crippen molar-refractivity contribution in [1.82, 2.24) is 0 Å². The van der Waals surface area contributed by atoms with Crippen LogP contribution in [0.25, 0.3) is 6.08 Å². The maximum atomic E-state index is 11.0. The van der Waals surface area contributed by atoms with Gasteiger partial charge in [-0.2, -0.15) is 0 Å². The van der Waals surface area contributed by atoms with Crippen LogP contribution in [0.4, 0.5) is 0 Å². The quantitative estimate of drug-likeness (QED) is 0.888. The lowest BCUT2D eigenvalue weighted by Crippen LogP contribution is -2.27. The summed E-state index contributed by atoms with van der Waals surface area (Å²) < 4.78 is 5.78. The van der Waals surface area contributed by atoms with Crippen LogP contribution < -0.4 is 4.74 Å². The van der Waals surface area contributed by atoms with Gasteiger partial charge in [-0.1, -0.05) is 17.7 Å². The van der Waals surface area contributed by atoms with E-state index in [0.717, 1.165) is 5.56 Å². The first-order chi connectivity index (χ1) is 8.30. The standard InChI is InChI=1S/C14H15ClO3/c1-8(13(16)17)10-6-9-4-5-14(2,3)18-12(9)11(15)7-10/h4-8H,1-3H3,(H,16,17). The third-order valence-electron chi connectivity index (χ3n) is 2.99. The number of rotatable bonds is 2. The van der Waals surface area contributed by atoms with Crippen molar-refractivity contribution in [2.45, 2.75) is 32.3 Å². The van der Waals surface area contributed by atoms with Crippen molar-refractivity contribution in [2.75, 3.05) is 0 Å². The topological polar surface area (TPSA) is 46.5 Å². The summed E-state index contributed by atoms with van der Waals surface area (Å²) in [4.78, 5) is 11.0. The summed E-state index contributed by atoms with van der Waals surface area (Å²) in [6.45, 7) is 5.52. The van der Waals surface area contributed by atoms with Crippen molar-refractivity contribution in [2.24, 2.45) is 0 Å². The van der Waals surface area contributed by atoms with Gasteiger partial charge in [0.15, 0.2) is 0 Å². The second-order valence-corrected chi connectivity index (χ2v) is 5.43. The molecule has 0 fully saturated rings. The third kappa shape index (κ3) is 2.36. The van der Waals surface area contributed by atoms with Crippen molar-refractivity contribution in [3.05, 3.63) is 34.4 Å². The maximum absolute atomic E-state index is 11.0. The molecule has 1 aliphatic heterocycles. The van der Waals surface area contributed by atoms with Gasteiger partial charge < -0.3 is 9.84 Å². The second kappa shape index (κ2) is 4.32. The second-order valence-electron chi connectivity index (χ2n) is 5.02. The molecule has 1 atom stereocenters. The lowest BCUT2D eigenvalue weighted by molar-refractivity contribution is -0.138. The zero-order chi connectivity index (χ0) is 13.5. The van der Waals surface area contributed by atoms with Crippen LogP contribution in [-0.4, -0.2) is 16.7 Å². The zero-order valence-corrected chi connectivity index (χ0v) is 11.3. The lowest BCUT2D eigenvalue weighted by atomic mass is 9.96. The molecule has 1 aromatic rings. The summed E-state index contributed by atoms with van der Waals surface area (Å²) in [5.41, 5.74) is 1.11. The molecule has 1 aliphatic rings. The van der Waals surface area contributed by atoms with Crippen LogP contribution in [0.5, 0.6) is 5.75 Å². The predicted octanol–water partition coefficient (Wildman–Crippen LogP) is 3.71. The molecule has 0 aliphatic carbocycles. The average molecular weight is 267 g/mol. The van der Waals surface area contributed by atoms with Crippen LogP contribution in [0.2, 0.25) is 5.02 Å². The fourth-order valence-electron chi connectivity index (χ4n) is 1.85. The van der Waals surface area contributed by atoms with Gasteiger partial charge >= 0.3 is 5.97 Å². The Hall–Kier alpha value is -1.48. The molecule has 3 nitrogen and oxygen atoms in total. The number of carbonyl (C=O) groups is 1. The van der Waals surface area contributed by atoms with Gasteiger partial charge in [0.1, 0.15) is 11.4 Å². The molecule has 0 saturated heterocycles. The number of ether oxygens (including phenoxy) is 1. The minimum absolute atomic E-state index is 0.392. The molecule has 2 rings (SSSR count). The lowest BCUT2D eigenvalue weighted by Gasteiger charge is -2.29. The van der Waals surface area contributed by atoms with Crippen LogP contribution in [-0.2, 0) is 4.79 Å². The van der Waals surface area contributed by atoms with E-state index in [2.05, 4.69) is 0 Å². The largest absolute Gasteiger partial charge is 0.482 e. The Labute approximate surface area is 111 Å². The van der Waals surface area contributed by atoms with E-state index >= 15 is 0 Å². The summed E-state index contributed by atoms with van der Waals surface area (Å²) in [7, 11) is 0. The Morgan fingerprint density at radius 2 is 2.11 bits per heavy atom. The van der Waals surface area contributed by atoms with Gasteiger partial charge in [-0.05, 0) is 44.5 Å². The van der Waals surface area contributed by atoms with Gasteiger partial charge in [-0.3, -0.25) is 4.79 Å². The number of hydrogen-bond donors (Lipinski definition) is 1. The van der Waals surface area contributed by atoms with E-state index in [1.54, 1.807) is 13.0 Å². The number of carboxylic acids is 1. The summed E-state index contributed by atoms with van der Waals surface area (Å²) in [6, 6.07) is 3.47. The molecule has 0 saturated carbocycles. The van der Waals surface area contributed by atoms with Crippen LogP contribution in [0.3, 0.4) is 0 Å². The molecular weight excluding hydrogens is 252 g/mol. The first-order valence-corrected chi connectivity index (χ1v) is 6.12. The number of aliphatic carboxylic acids is 1. The molecule has 0 amide bonds. The molecular formula is C14H15ClO3. The molecule has 0 radical (unpaired) electrons. The molecule has 4 heteroatoms. The highest BCUT2D eigenvalue weighted by Gasteiger charge is 2.25. The highest BCUT2D eigenvalue weighted by Crippen LogP contribution is 2.39. The van der Waals surface area contributed by atoms with E-state index in [9.17, 15) is 4.79 Å². The first kappa shape index (κ1) is 13.0. The summed E-state index contributed by atoms with van der Waals surface area (Å²) in [5.74, 6) is -0.839. The highest BCUT2D eigenvalue weighted by molar-refractivity contribution is 6.32. The molecule has 1 unspecified atom stereocenters. The Morgan fingerprint density at radius 3 is 2.72 bits per heavy atom. The minimum Gasteiger partial charge on any atom is -0.482 e. The molecule has 1 heterocycles. The SMILES string of the molecule is CC(C(=O)O)c1cc(Cl)c2c(c1)C=CC(C)(C)O2. The number of benzene rings is 1. The van der Waals surface area contributed by atoms with Gasteiger partial charge in [0.25, 0.3) is 0 Å². The molecule has 0 spiro atoms.